The maximum atomic E-state index is 10.1. The van der Waals surface area contributed by atoms with Crippen LogP contribution in [0.1, 0.15) is 5.01 Å². The highest BCUT2D eigenvalue weighted by Gasteiger charge is 1.94. The molecule has 0 atom stereocenters. The van der Waals surface area contributed by atoms with Gasteiger partial charge >= 0.3 is 0 Å². The van der Waals surface area contributed by atoms with E-state index in [0.29, 0.717) is 11.3 Å². The van der Waals surface area contributed by atoms with Gasteiger partial charge < -0.3 is 0 Å². The molecule has 0 radical (unpaired) electrons. The monoisotopic (exact) mass is 164 g/mol. The van der Waals surface area contributed by atoms with Gasteiger partial charge in [0.2, 0.25) is 0 Å². The lowest BCUT2D eigenvalue weighted by atomic mass is 10.3. The molecule has 1 heterocycles. The zero-order valence-electron chi connectivity index (χ0n) is 5.52. The minimum Gasteiger partial charge on any atom is -0.297 e. The summed E-state index contributed by atoms with van der Waals surface area (Å²) in [6.45, 7) is 0. The smallest absolute Gasteiger partial charge is 0.160 e. The maximum absolute atomic E-state index is 10.1. The van der Waals surface area contributed by atoms with Crippen molar-refractivity contribution in [1.29, 1.82) is 5.26 Å². The SMILES string of the molecule is N#C/C(C=O)=C\c1nccs1. The molecule has 1 rings (SSSR count). The summed E-state index contributed by atoms with van der Waals surface area (Å²) in [5.41, 5.74) is 0.0972. The van der Waals surface area contributed by atoms with Gasteiger partial charge in [-0.1, -0.05) is 0 Å². The number of hydrogen-bond donors (Lipinski definition) is 0. The topological polar surface area (TPSA) is 53.8 Å². The normalized spacial score (nSPS) is 10.6. The van der Waals surface area contributed by atoms with E-state index in [2.05, 4.69) is 4.98 Å². The third-order valence-corrected chi connectivity index (χ3v) is 1.71. The summed E-state index contributed by atoms with van der Waals surface area (Å²) in [5, 5.41) is 10.8. The molecule has 1 aromatic heterocycles. The molecule has 0 spiro atoms. The number of carbonyl (C=O) groups is 1. The molecule has 4 heteroatoms. The molecule has 0 aliphatic heterocycles. The van der Waals surface area contributed by atoms with Crippen molar-refractivity contribution in [3.8, 4) is 6.07 Å². The number of aromatic nitrogens is 1. The standard InChI is InChI=1S/C7H4N2OS/c8-4-6(5-10)3-7-9-1-2-11-7/h1-3,5H/b6-3+. The van der Waals surface area contributed by atoms with Crippen molar-refractivity contribution in [3.63, 3.8) is 0 Å². The number of nitriles is 1. The first-order chi connectivity index (χ1) is 5.36. The number of nitrogens with zero attached hydrogens (tertiary/aromatic N) is 2. The first kappa shape index (κ1) is 7.63. The first-order valence-corrected chi connectivity index (χ1v) is 3.71. The second-order valence-corrected chi connectivity index (χ2v) is 2.63. The highest BCUT2D eigenvalue weighted by Crippen LogP contribution is 2.07. The summed E-state index contributed by atoms with van der Waals surface area (Å²) < 4.78 is 0. The van der Waals surface area contributed by atoms with Crippen LogP contribution in [-0.4, -0.2) is 11.3 Å². The molecule has 3 nitrogen and oxygen atoms in total. The largest absolute Gasteiger partial charge is 0.297 e. The molecular formula is C7H4N2OS. The first-order valence-electron chi connectivity index (χ1n) is 2.83. The van der Waals surface area contributed by atoms with Gasteiger partial charge in [0.1, 0.15) is 11.1 Å². The molecule has 54 valence electrons. The zero-order valence-corrected chi connectivity index (χ0v) is 6.34. The quantitative estimate of drug-likeness (QED) is 0.375. The van der Waals surface area contributed by atoms with Crippen LogP contribution < -0.4 is 0 Å². The molecule has 0 aliphatic carbocycles. The van der Waals surface area contributed by atoms with E-state index in [1.807, 2.05) is 0 Å². The molecule has 0 aliphatic rings. The van der Waals surface area contributed by atoms with Crippen LogP contribution in [0.4, 0.5) is 0 Å². The number of carbonyl (C=O) groups excluding carboxylic acids is 1. The molecule has 0 saturated carbocycles. The highest BCUT2D eigenvalue weighted by molar-refractivity contribution is 7.10. The molecule has 1 aromatic rings. The Hall–Kier alpha value is -1.47. The lowest BCUT2D eigenvalue weighted by Gasteiger charge is -1.80. The zero-order chi connectivity index (χ0) is 8.10. The number of thiazole rings is 1. The molecule has 11 heavy (non-hydrogen) atoms. The fraction of sp³-hybridized carbons (Fsp3) is 0. The molecule has 0 saturated heterocycles. The molecule has 0 unspecified atom stereocenters. The number of aldehydes is 1. The van der Waals surface area contributed by atoms with Gasteiger partial charge in [0, 0.05) is 11.6 Å². The van der Waals surface area contributed by atoms with E-state index in [0.717, 1.165) is 0 Å². The van der Waals surface area contributed by atoms with E-state index >= 15 is 0 Å². The average Bonchev–Trinajstić information content (AvgIpc) is 2.52. The summed E-state index contributed by atoms with van der Waals surface area (Å²) in [7, 11) is 0. The Labute approximate surface area is 67.6 Å². The van der Waals surface area contributed by atoms with Crippen molar-refractivity contribution in [1.82, 2.24) is 4.98 Å². The summed E-state index contributed by atoms with van der Waals surface area (Å²) >= 11 is 1.38. The fourth-order valence-corrected chi connectivity index (χ4v) is 1.11. The third-order valence-electron chi connectivity index (χ3n) is 0.986. The maximum Gasteiger partial charge on any atom is 0.160 e. The fourth-order valence-electron chi connectivity index (χ4n) is 0.531. The Morgan fingerprint density at radius 2 is 2.64 bits per heavy atom. The number of hydrogen-bond acceptors (Lipinski definition) is 4. The third kappa shape index (κ3) is 1.99. The highest BCUT2D eigenvalue weighted by atomic mass is 32.1. The van der Waals surface area contributed by atoms with E-state index < -0.39 is 0 Å². The van der Waals surface area contributed by atoms with Gasteiger partial charge in [-0.3, -0.25) is 4.79 Å². The Bertz CT molecular complexity index is 308. The molecule has 0 N–H and O–H groups in total. The van der Waals surface area contributed by atoms with Crippen LogP contribution in [0.2, 0.25) is 0 Å². The summed E-state index contributed by atoms with van der Waals surface area (Å²) in [6.07, 6.45) is 3.59. The Morgan fingerprint density at radius 3 is 3.09 bits per heavy atom. The molecule has 0 bridgehead atoms. The van der Waals surface area contributed by atoms with Gasteiger partial charge in [-0.05, 0) is 6.08 Å². The van der Waals surface area contributed by atoms with Crippen molar-refractivity contribution in [2.75, 3.05) is 0 Å². The summed E-state index contributed by atoms with van der Waals surface area (Å²) in [6, 6.07) is 1.75. The second-order valence-electron chi connectivity index (χ2n) is 1.70. The molecule has 0 fully saturated rings. The van der Waals surface area contributed by atoms with Crippen molar-refractivity contribution in [2.45, 2.75) is 0 Å². The van der Waals surface area contributed by atoms with E-state index in [1.54, 1.807) is 17.6 Å². The Kier molecular flexibility index (Phi) is 2.53. The van der Waals surface area contributed by atoms with Crippen LogP contribution in [0.5, 0.6) is 0 Å². The molecular weight excluding hydrogens is 160 g/mol. The Balaban J connectivity index is 2.90. The van der Waals surface area contributed by atoms with Crippen LogP contribution in [0.15, 0.2) is 17.2 Å². The number of rotatable bonds is 2. The van der Waals surface area contributed by atoms with Crippen LogP contribution in [0.25, 0.3) is 6.08 Å². The lowest BCUT2D eigenvalue weighted by Crippen LogP contribution is -1.78. The van der Waals surface area contributed by atoms with Crippen molar-refractivity contribution >= 4 is 23.7 Å². The predicted molar refractivity (Wildman–Crippen MR) is 41.8 cm³/mol. The van der Waals surface area contributed by atoms with E-state index in [1.165, 1.54) is 17.4 Å². The van der Waals surface area contributed by atoms with Crippen LogP contribution in [-0.2, 0) is 4.79 Å². The molecule has 0 aromatic carbocycles. The minimum atomic E-state index is 0.0972. The van der Waals surface area contributed by atoms with Gasteiger partial charge in [0.05, 0.1) is 5.57 Å². The minimum absolute atomic E-state index is 0.0972. The van der Waals surface area contributed by atoms with E-state index in [4.69, 9.17) is 5.26 Å². The van der Waals surface area contributed by atoms with Crippen LogP contribution in [0, 0.1) is 11.3 Å². The van der Waals surface area contributed by atoms with Crippen LogP contribution >= 0.6 is 11.3 Å². The summed E-state index contributed by atoms with van der Waals surface area (Å²) in [5.74, 6) is 0. The second kappa shape index (κ2) is 3.64. The average molecular weight is 164 g/mol. The number of allylic oxidation sites excluding steroid dienone is 1. The van der Waals surface area contributed by atoms with Gasteiger partial charge in [-0.15, -0.1) is 11.3 Å². The van der Waals surface area contributed by atoms with Gasteiger partial charge in [-0.25, -0.2) is 4.98 Å². The predicted octanol–water partition coefficient (Wildman–Crippen LogP) is 1.25. The van der Waals surface area contributed by atoms with Gasteiger partial charge in [0.25, 0.3) is 0 Å². The van der Waals surface area contributed by atoms with Crippen molar-refractivity contribution in [3.05, 3.63) is 22.2 Å². The van der Waals surface area contributed by atoms with E-state index in [-0.39, 0.29) is 5.57 Å². The van der Waals surface area contributed by atoms with Crippen molar-refractivity contribution in [2.24, 2.45) is 0 Å². The van der Waals surface area contributed by atoms with Crippen molar-refractivity contribution < 1.29 is 4.79 Å². The van der Waals surface area contributed by atoms with Crippen LogP contribution in [0.3, 0.4) is 0 Å². The van der Waals surface area contributed by atoms with E-state index in [9.17, 15) is 4.79 Å². The van der Waals surface area contributed by atoms with Gasteiger partial charge in [0.15, 0.2) is 6.29 Å². The Morgan fingerprint density at radius 1 is 1.82 bits per heavy atom. The lowest BCUT2D eigenvalue weighted by molar-refractivity contribution is -0.104. The summed E-state index contributed by atoms with van der Waals surface area (Å²) in [4.78, 5) is 14.0. The molecule has 0 amide bonds. The van der Waals surface area contributed by atoms with Gasteiger partial charge in [-0.2, -0.15) is 5.26 Å².